The second-order valence-corrected chi connectivity index (χ2v) is 14.0. The number of rotatable bonds is 11. The Hall–Kier alpha value is -2.63. The predicted molar refractivity (Wildman–Crippen MR) is 172 cm³/mol. The van der Waals surface area contributed by atoms with Crippen LogP contribution in [0.2, 0.25) is 5.02 Å². The molecule has 1 unspecified atom stereocenters. The molecule has 1 atom stereocenters. The van der Waals surface area contributed by atoms with Gasteiger partial charge in [0.2, 0.25) is 21.8 Å². The SMILES string of the molecule is CS(=O)(=O)N(CC(=O)N(Cc1cccc(Cl)c1)C(Cc1ccccc1)C(=O)NC1CCCCC1)c1ccc(I)cc1. The van der Waals surface area contributed by atoms with Gasteiger partial charge in [0.05, 0.1) is 11.9 Å². The van der Waals surface area contributed by atoms with Crippen molar-refractivity contribution in [2.75, 3.05) is 17.1 Å². The number of hydrogen-bond donors (Lipinski definition) is 1. The first-order valence-electron chi connectivity index (χ1n) is 13.7. The van der Waals surface area contributed by atoms with Crippen LogP contribution in [0.4, 0.5) is 5.69 Å². The lowest BCUT2D eigenvalue weighted by Gasteiger charge is -2.35. The van der Waals surface area contributed by atoms with E-state index in [0.717, 1.165) is 57.4 Å². The van der Waals surface area contributed by atoms with Gasteiger partial charge in [-0.2, -0.15) is 0 Å². The minimum atomic E-state index is -3.80. The predicted octanol–water partition coefficient (Wildman–Crippen LogP) is 5.80. The largest absolute Gasteiger partial charge is 0.352 e. The summed E-state index contributed by atoms with van der Waals surface area (Å²) in [6.07, 6.45) is 6.43. The third-order valence-electron chi connectivity index (χ3n) is 7.26. The molecule has 1 aliphatic carbocycles. The molecule has 0 aliphatic heterocycles. The molecule has 41 heavy (non-hydrogen) atoms. The van der Waals surface area contributed by atoms with Crippen molar-refractivity contribution in [2.45, 2.75) is 57.2 Å². The quantitative estimate of drug-likeness (QED) is 0.256. The van der Waals surface area contributed by atoms with Crippen LogP contribution in [0.1, 0.15) is 43.2 Å². The molecule has 0 bridgehead atoms. The van der Waals surface area contributed by atoms with Crippen molar-refractivity contribution < 1.29 is 18.0 Å². The number of anilines is 1. The molecule has 7 nitrogen and oxygen atoms in total. The van der Waals surface area contributed by atoms with E-state index in [2.05, 4.69) is 27.9 Å². The lowest BCUT2D eigenvalue weighted by atomic mass is 9.94. The summed E-state index contributed by atoms with van der Waals surface area (Å²) in [5.74, 6) is -0.718. The summed E-state index contributed by atoms with van der Waals surface area (Å²) in [5, 5.41) is 3.71. The van der Waals surface area contributed by atoms with E-state index in [1.54, 1.807) is 42.5 Å². The Balaban J connectivity index is 1.71. The summed E-state index contributed by atoms with van der Waals surface area (Å²) in [5.41, 5.74) is 2.03. The van der Waals surface area contributed by atoms with Crippen molar-refractivity contribution in [1.29, 1.82) is 0 Å². The lowest BCUT2D eigenvalue weighted by Crippen LogP contribution is -2.55. The average Bonchev–Trinajstić information content (AvgIpc) is 2.94. The van der Waals surface area contributed by atoms with Gasteiger partial charge in [-0.1, -0.05) is 73.3 Å². The minimum absolute atomic E-state index is 0.0527. The summed E-state index contributed by atoms with van der Waals surface area (Å²) in [6.45, 7) is -0.346. The van der Waals surface area contributed by atoms with Crippen molar-refractivity contribution in [3.05, 3.63) is 98.6 Å². The number of carbonyl (C=O) groups is 2. The number of halogens is 2. The molecule has 0 aromatic heterocycles. The van der Waals surface area contributed by atoms with Crippen molar-refractivity contribution in [2.24, 2.45) is 0 Å². The van der Waals surface area contributed by atoms with E-state index in [-0.39, 0.29) is 24.9 Å². The molecule has 0 heterocycles. The Kier molecular flexibility index (Phi) is 11.1. The van der Waals surface area contributed by atoms with Crippen LogP contribution in [-0.2, 0) is 32.6 Å². The second-order valence-electron chi connectivity index (χ2n) is 10.4. The first kappa shape index (κ1) is 31.3. The van der Waals surface area contributed by atoms with Crippen LogP contribution in [0.5, 0.6) is 0 Å². The summed E-state index contributed by atoms with van der Waals surface area (Å²) in [7, 11) is -3.80. The Morgan fingerprint density at radius 2 is 1.61 bits per heavy atom. The van der Waals surface area contributed by atoms with E-state index in [0.29, 0.717) is 10.7 Å². The maximum absolute atomic E-state index is 14.2. The minimum Gasteiger partial charge on any atom is -0.352 e. The summed E-state index contributed by atoms with van der Waals surface area (Å²) < 4.78 is 27.8. The van der Waals surface area contributed by atoms with Crippen LogP contribution in [0.25, 0.3) is 0 Å². The average molecular weight is 708 g/mol. The molecule has 0 radical (unpaired) electrons. The Labute approximate surface area is 261 Å². The molecule has 0 saturated heterocycles. The lowest BCUT2D eigenvalue weighted by molar-refractivity contribution is -0.140. The third kappa shape index (κ3) is 9.18. The monoisotopic (exact) mass is 707 g/mol. The molecule has 218 valence electrons. The highest BCUT2D eigenvalue weighted by Crippen LogP contribution is 2.23. The molecule has 1 fully saturated rings. The number of carbonyl (C=O) groups excluding carboxylic acids is 2. The topological polar surface area (TPSA) is 86.8 Å². The number of benzene rings is 3. The van der Waals surface area contributed by atoms with Gasteiger partial charge in [0.25, 0.3) is 0 Å². The molecule has 3 aromatic carbocycles. The van der Waals surface area contributed by atoms with Crippen LogP contribution in [0.15, 0.2) is 78.9 Å². The van der Waals surface area contributed by atoms with Gasteiger partial charge in [-0.25, -0.2) is 8.42 Å². The van der Waals surface area contributed by atoms with Gasteiger partial charge >= 0.3 is 0 Å². The zero-order chi connectivity index (χ0) is 29.4. The van der Waals surface area contributed by atoms with Crippen molar-refractivity contribution in [3.63, 3.8) is 0 Å². The second kappa shape index (κ2) is 14.5. The van der Waals surface area contributed by atoms with Gasteiger partial charge < -0.3 is 10.2 Å². The Morgan fingerprint density at radius 3 is 2.24 bits per heavy atom. The number of nitrogens with zero attached hydrogens (tertiary/aromatic N) is 2. The number of hydrogen-bond acceptors (Lipinski definition) is 4. The van der Waals surface area contributed by atoms with Gasteiger partial charge in [-0.3, -0.25) is 13.9 Å². The molecule has 1 saturated carbocycles. The fourth-order valence-corrected chi connectivity index (χ4v) is 6.57. The normalized spacial score (nSPS) is 14.7. The smallest absolute Gasteiger partial charge is 0.244 e. The van der Waals surface area contributed by atoms with Crippen LogP contribution in [0.3, 0.4) is 0 Å². The van der Waals surface area contributed by atoms with Gasteiger partial charge in [0.15, 0.2) is 0 Å². The maximum atomic E-state index is 14.2. The first-order valence-corrected chi connectivity index (χ1v) is 17.0. The zero-order valence-corrected chi connectivity index (χ0v) is 26.7. The van der Waals surface area contributed by atoms with Crippen LogP contribution >= 0.6 is 34.2 Å². The highest BCUT2D eigenvalue weighted by Gasteiger charge is 2.34. The van der Waals surface area contributed by atoms with Gasteiger partial charge in [0.1, 0.15) is 12.6 Å². The third-order valence-corrected chi connectivity index (χ3v) is 9.35. The van der Waals surface area contributed by atoms with E-state index in [4.69, 9.17) is 11.6 Å². The van der Waals surface area contributed by atoms with E-state index < -0.39 is 28.5 Å². The van der Waals surface area contributed by atoms with E-state index >= 15 is 0 Å². The molecule has 1 N–H and O–H groups in total. The zero-order valence-electron chi connectivity index (χ0n) is 23.0. The Bertz CT molecular complexity index is 1430. The highest BCUT2D eigenvalue weighted by molar-refractivity contribution is 14.1. The summed E-state index contributed by atoms with van der Waals surface area (Å²) >= 11 is 8.42. The van der Waals surface area contributed by atoms with Crippen molar-refractivity contribution in [3.8, 4) is 0 Å². The fourth-order valence-electron chi connectivity index (χ4n) is 5.15. The Morgan fingerprint density at radius 1 is 0.951 bits per heavy atom. The molecule has 3 aromatic rings. The number of amides is 2. The van der Waals surface area contributed by atoms with Gasteiger partial charge in [-0.15, -0.1) is 0 Å². The molecular weight excluding hydrogens is 673 g/mol. The van der Waals surface area contributed by atoms with Crippen LogP contribution < -0.4 is 9.62 Å². The van der Waals surface area contributed by atoms with E-state index in [1.807, 2.05) is 36.4 Å². The van der Waals surface area contributed by atoms with E-state index in [9.17, 15) is 18.0 Å². The fraction of sp³-hybridized carbons (Fsp3) is 0.355. The molecule has 1 aliphatic rings. The molecule has 10 heteroatoms. The standard InChI is InChI=1S/C31H35ClIN3O4S/c1-41(39,40)36(28-17-15-26(33)16-18-28)22-30(37)35(21-24-11-8-12-25(32)19-24)29(20-23-9-4-2-5-10-23)31(38)34-27-13-6-3-7-14-27/h2,4-5,8-12,15-19,27,29H,3,6-7,13-14,20-22H2,1H3,(H,34,38). The van der Waals surface area contributed by atoms with Crippen LogP contribution in [-0.4, -0.2) is 50.0 Å². The molecule has 4 rings (SSSR count). The van der Waals surface area contributed by atoms with Gasteiger partial charge in [-0.05, 0) is 83.0 Å². The molecule has 0 spiro atoms. The summed E-state index contributed by atoms with van der Waals surface area (Å²) in [4.78, 5) is 29.6. The van der Waals surface area contributed by atoms with E-state index in [1.165, 1.54) is 4.90 Å². The van der Waals surface area contributed by atoms with Crippen molar-refractivity contribution in [1.82, 2.24) is 10.2 Å². The van der Waals surface area contributed by atoms with Crippen molar-refractivity contribution >= 4 is 61.7 Å². The summed E-state index contributed by atoms with van der Waals surface area (Å²) in [6, 6.07) is 22.8. The number of nitrogens with one attached hydrogen (secondary N) is 1. The number of sulfonamides is 1. The van der Waals surface area contributed by atoms with Crippen LogP contribution in [0, 0.1) is 3.57 Å². The van der Waals surface area contributed by atoms with Gasteiger partial charge in [0, 0.05) is 27.6 Å². The first-order chi connectivity index (χ1) is 19.6. The maximum Gasteiger partial charge on any atom is 0.244 e. The molecule has 2 amide bonds. The highest BCUT2D eigenvalue weighted by atomic mass is 127. The molecular formula is C31H35ClIN3O4S.